The zero-order valence-electron chi connectivity index (χ0n) is 13.1. The number of halogens is 1. The van der Waals surface area contributed by atoms with E-state index in [2.05, 4.69) is 10.2 Å². The highest BCUT2D eigenvalue weighted by Crippen LogP contribution is 2.60. The summed E-state index contributed by atoms with van der Waals surface area (Å²) in [5.41, 5.74) is 2.60. The van der Waals surface area contributed by atoms with Gasteiger partial charge >= 0.3 is 0 Å². The number of H-pyrrole nitrogens is 1. The van der Waals surface area contributed by atoms with Crippen LogP contribution < -0.4 is 4.31 Å². The number of para-hydroxylation sites is 1. The molecular weight excluding hydrogens is 341 g/mol. The Morgan fingerprint density at radius 2 is 1.80 bits per heavy atom. The summed E-state index contributed by atoms with van der Waals surface area (Å²) in [5.74, 6) is -0.462. The van der Waals surface area contributed by atoms with Crippen molar-refractivity contribution in [2.24, 2.45) is 0 Å². The number of rotatable bonds is 2. The van der Waals surface area contributed by atoms with Crippen LogP contribution in [0.4, 0.5) is 10.1 Å². The third kappa shape index (κ3) is 1.87. The first kappa shape index (κ1) is 14.7. The van der Waals surface area contributed by atoms with E-state index in [4.69, 9.17) is 0 Å². The van der Waals surface area contributed by atoms with E-state index in [0.29, 0.717) is 5.69 Å². The fourth-order valence-electron chi connectivity index (χ4n) is 3.71. The molecule has 126 valence electrons. The SMILES string of the molecule is O=S(=O)(c1ccc(F)cc1)N1c2ccccc2-c2[nH]ncc2C12CC2. The summed E-state index contributed by atoms with van der Waals surface area (Å²) in [4.78, 5) is 0.0851. The maximum absolute atomic E-state index is 13.4. The second-order valence-electron chi connectivity index (χ2n) is 6.43. The minimum atomic E-state index is -3.83. The van der Waals surface area contributed by atoms with Crippen molar-refractivity contribution in [1.82, 2.24) is 10.2 Å². The summed E-state index contributed by atoms with van der Waals surface area (Å²) < 4.78 is 41.6. The lowest BCUT2D eigenvalue weighted by Crippen LogP contribution is -2.43. The first-order valence-electron chi connectivity index (χ1n) is 7.98. The molecule has 2 heterocycles. The summed E-state index contributed by atoms with van der Waals surface area (Å²) >= 11 is 0. The Balaban J connectivity index is 1.78. The van der Waals surface area contributed by atoms with Gasteiger partial charge in [0.15, 0.2) is 0 Å². The summed E-state index contributed by atoms with van der Waals surface area (Å²) in [6, 6.07) is 12.4. The Kier molecular flexibility index (Phi) is 2.75. The van der Waals surface area contributed by atoms with Gasteiger partial charge in [-0.05, 0) is 43.2 Å². The van der Waals surface area contributed by atoms with Crippen molar-refractivity contribution in [3.8, 4) is 11.3 Å². The van der Waals surface area contributed by atoms with E-state index in [9.17, 15) is 12.8 Å². The molecule has 0 saturated heterocycles. The van der Waals surface area contributed by atoms with Crippen LogP contribution in [0.1, 0.15) is 18.4 Å². The highest BCUT2D eigenvalue weighted by molar-refractivity contribution is 7.93. The Bertz CT molecular complexity index is 1090. The number of aromatic amines is 1. The van der Waals surface area contributed by atoms with Crippen molar-refractivity contribution < 1.29 is 12.8 Å². The Labute approximate surface area is 144 Å². The van der Waals surface area contributed by atoms with Gasteiger partial charge in [0.05, 0.1) is 28.0 Å². The molecule has 0 bridgehead atoms. The van der Waals surface area contributed by atoms with Gasteiger partial charge in [-0.2, -0.15) is 5.10 Å². The van der Waals surface area contributed by atoms with E-state index >= 15 is 0 Å². The number of hydrogen-bond donors (Lipinski definition) is 1. The molecule has 25 heavy (non-hydrogen) atoms. The second-order valence-corrected chi connectivity index (χ2v) is 8.22. The molecule has 5 nitrogen and oxygen atoms in total. The number of hydrogen-bond acceptors (Lipinski definition) is 3. The molecule has 0 radical (unpaired) electrons. The number of benzene rings is 2. The van der Waals surface area contributed by atoms with Crippen LogP contribution in [0.3, 0.4) is 0 Å². The lowest BCUT2D eigenvalue weighted by molar-refractivity contribution is 0.573. The van der Waals surface area contributed by atoms with Crippen molar-refractivity contribution in [1.29, 1.82) is 0 Å². The maximum atomic E-state index is 13.4. The standard InChI is InChI=1S/C18H14FN3O2S/c19-12-5-7-13(8-6-12)25(23,24)22-16-4-2-1-3-14(16)17-15(11-20-21-17)18(22)9-10-18/h1-8,11H,9-10H2,(H,20,21). The van der Waals surface area contributed by atoms with Gasteiger partial charge in [0.25, 0.3) is 10.0 Å². The van der Waals surface area contributed by atoms with Crippen LogP contribution in [-0.2, 0) is 15.6 Å². The Morgan fingerprint density at radius 1 is 1.08 bits per heavy atom. The van der Waals surface area contributed by atoms with Crippen LogP contribution in [0.5, 0.6) is 0 Å². The number of fused-ring (bicyclic) bond motifs is 4. The molecule has 2 aromatic carbocycles. The molecule has 1 saturated carbocycles. The quantitative estimate of drug-likeness (QED) is 0.766. The van der Waals surface area contributed by atoms with E-state index in [-0.39, 0.29) is 4.90 Å². The van der Waals surface area contributed by atoms with Gasteiger partial charge < -0.3 is 0 Å². The summed E-state index contributed by atoms with van der Waals surface area (Å²) in [5, 5.41) is 7.15. The van der Waals surface area contributed by atoms with Gasteiger partial charge in [-0.25, -0.2) is 12.8 Å². The fraction of sp³-hybridized carbons (Fsp3) is 0.167. The fourth-order valence-corrected chi connectivity index (χ4v) is 5.56. The summed E-state index contributed by atoms with van der Waals surface area (Å²) in [7, 11) is -3.83. The largest absolute Gasteiger partial charge is 0.277 e. The predicted molar refractivity (Wildman–Crippen MR) is 91.0 cm³/mol. The van der Waals surface area contributed by atoms with E-state index in [1.54, 1.807) is 12.3 Å². The van der Waals surface area contributed by atoms with Crippen LogP contribution >= 0.6 is 0 Å². The molecule has 7 heteroatoms. The van der Waals surface area contributed by atoms with E-state index < -0.39 is 21.4 Å². The smallest absolute Gasteiger partial charge is 0.265 e. The highest BCUT2D eigenvalue weighted by atomic mass is 32.2. The molecule has 1 aromatic heterocycles. The minimum Gasteiger partial charge on any atom is -0.277 e. The maximum Gasteiger partial charge on any atom is 0.265 e. The molecule has 5 rings (SSSR count). The first-order valence-corrected chi connectivity index (χ1v) is 9.42. The summed E-state index contributed by atoms with van der Waals surface area (Å²) in [6.45, 7) is 0. The molecule has 1 N–H and O–H groups in total. The van der Waals surface area contributed by atoms with Gasteiger partial charge in [0.2, 0.25) is 0 Å². The lowest BCUT2D eigenvalue weighted by atomic mass is 9.94. The Hall–Kier alpha value is -2.67. The monoisotopic (exact) mass is 355 g/mol. The first-order chi connectivity index (χ1) is 12.0. The molecule has 0 atom stereocenters. The van der Waals surface area contributed by atoms with Crippen LogP contribution in [0, 0.1) is 5.82 Å². The van der Waals surface area contributed by atoms with Gasteiger partial charge in [0.1, 0.15) is 5.82 Å². The topological polar surface area (TPSA) is 66.1 Å². The zero-order valence-corrected chi connectivity index (χ0v) is 13.9. The average Bonchev–Trinajstić information content (AvgIpc) is 3.20. The number of nitrogens with one attached hydrogen (secondary N) is 1. The Morgan fingerprint density at radius 3 is 2.52 bits per heavy atom. The number of anilines is 1. The van der Waals surface area contributed by atoms with E-state index in [0.717, 1.165) is 29.7 Å². The minimum absolute atomic E-state index is 0.0851. The van der Waals surface area contributed by atoms with Crippen molar-refractivity contribution in [2.45, 2.75) is 23.3 Å². The predicted octanol–water partition coefficient (Wildman–Crippen LogP) is 3.41. The van der Waals surface area contributed by atoms with Crippen molar-refractivity contribution >= 4 is 15.7 Å². The van der Waals surface area contributed by atoms with Crippen molar-refractivity contribution in [2.75, 3.05) is 4.31 Å². The van der Waals surface area contributed by atoms with Gasteiger partial charge in [-0.1, -0.05) is 18.2 Å². The van der Waals surface area contributed by atoms with Gasteiger partial charge in [-0.3, -0.25) is 9.40 Å². The molecule has 1 aliphatic heterocycles. The van der Waals surface area contributed by atoms with Crippen LogP contribution in [0.25, 0.3) is 11.3 Å². The van der Waals surface area contributed by atoms with Gasteiger partial charge in [0, 0.05) is 11.1 Å². The normalized spacial score (nSPS) is 17.2. The molecule has 3 aromatic rings. The second kappa shape index (κ2) is 4.70. The van der Waals surface area contributed by atoms with Crippen LogP contribution in [0.15, 0.2) is 59.6 Å². The third-order valence-electron chi connectivity index (χ3n) is 5.00. The number of sulfonamides is 1. The van der Waals surface area contributed by atoms with Gasteiger partial charge in [-0.15, -0.1) is 0 Å². The third-order valence-corrected chi connectivity index (χ3v) is 6.89. The lowest BCUT2D eigenvalue weighted by Gasteiger charge is -2.38. The molecule has 1 fully saturated rings. The van der Waals surface area contributed by atoms with Crippen molar-refractivity contribution in [3.05, 3.63) is 66.1 Å². The average molecular weight is 355 g/mol. The molecule has 2 aliphatic rings. The van der Waals surface area contributed by atoms with Crippen LogP contribution in [-0.4, -0.2) is 18.6 Å². The number of aromatic nitrogens is 2. The van der Waals surface area contributed by atoms with E-state index in [1.807, 2.05) is 18.2 Å². The molecular formula is C18H14FN3O2S. The highest BCUT2D eigenvalue weighted by Gasteiger charge is 2.58. The number of nitrogens with zero attached hydrogens (tertiary/aromatic N) is 2. The van der Waals surface area contributed by atoms with Crippen molar-refractivity contribution in [3.63, 3.8) is 0 Å². The van der Waals surface area contributed by atoms with Crippen LogP contribution in [0.2, 0.25) is 0 Å². The molecule has 1 aliphatic carbocycles. The molecule has 1 spiro atoms. The molecule has 0 amide bonds. The molecule has 0 unspecified atom stereocenters. The van der Waals surface area contributed by atoms with E-state index in [1.165, 1.54) is 28.6 Å². The zero-order chi connectivity index (χ0) is 17.2. The summed E-state index contributed by atoms with van der Waals surface area (Å²) in [6.07, 6.45) is 3.17.